The summed E-state index contributed by atoms with van der Waals surface area (Å²) in [5.74, 6) is -0.383. The Morgan fingerprint density at radius 3 is 2.94 bits per heavy atom. The van der Waals surface area contributed by atoms with E-state index in [9.17, 15) is 4.79 Å². The van der Waals surface area contributed by atoms with E-state index in [1.807, 2.05) is 18.3 Å². The van der Waals surface area contributed by atoms with Gasteiger partial charge in [0, 0.05) is 25.1 Å². The van der Waals surface area contributed by atoms with Crippen molar-refractivity contribution in [3.63, 3.8) is 0 Å². The normalized spacial score (nSPS) is 10.0. The van der Waals surface area contributed by atoms with Crippen LogP contribution in [0.5, 0.6) is 0 Å². The topological polar surface area (TPSA) is 75.1 Å². The van der Waals surface area contributed by atoms with Crippen molar-refractivity contribution in [2.24, 2.45) is 0 Å². The Balaban J connectivity index is 1.90. The summed E-state index contributed by atoms with van der Waals surface area (Å²) in [5.41, 5.74) is 1.35. The molecule has 2 aromatic rings. The third-order valence-electron chi connectivity index (χ3n) is 2.45. The second-order valence-electron chi connectivity index (χ2n) is 3.77. The number of nitrogens with one attached hydrogen (secondary N) is 1. The molecule has 0 saturated carbocycles. The van der Waals surface area contributed by atoms with Gasteiger partial charge in [0.15, 0.2) is 0 Å². The van der Waals surface area contributed by atoms with Crippen molar-refractivity contribution in [2.75, 3.05) is 11.9 Å². The number of hydrogen-bond donors (Lipinski definition) is 2. The molecule has 0 saturated heterocycles. The van der Waals surface area contributed by atoms with Gasteiger partial charge < -0.3 is 10.4 Å². The van der Waals surface area contributed by atoms with Crippen LogP contribution >= 0.6 is 0 Å². The summed E-state index contributed by atoms with van der Waals surface area (Å²) in [7, 11) is 0. The number of carboxylic acids is 1. The molecule has 0 aliphatic heterocycles. The second-order valence-corrected chi connectivity index (χ2v) is 3.77. The predicted octanol–water partition coefficient (Wildman–Crippen LogP) is 1.83. The van der Waals surface area contributed by atoms with Crippen LogP contribution in [-0.2, 0) is 6.42 Å². The van der Waals surface area contributed by atoms with Crippen molar-refractivity contribution in [1.82, 2.24) is 9.97 Å². The third-order valence-corrected chi connectivity index (χ3v) is 2.45. The Labute approximate surface area is 105 Å². The second kappa shape index (κ2) is 5.77. The van der Waals surface area contributed by atoms with Gasteiger partial charge in [0.25, 0.3) is 0 Å². The Bertz CT molecular complexity index is 529. The lowest BCUT2D eigenvalue weighted by Gasteiger charge is -2.05. The molecule has 2 heterocycles. The van der Waals surface area contributed by atoms with Gasteiger partial charge in [-0.3, -0.25) is 4.98 Å². The van der Waals surface area contributed by atoms with E-state index in [0.29, 0.717) is 12.4 Å². The van der Waals surface area contributed by atoms with Gasteiger partial charge in [0.1, 0.15) is 5.82 Å². The molecule has 5 heteroatoms. The van der Waals surface area contributed by atoms with Crippen molar-refractivity contribution in [3.05, 3.63) is 54.0 Å². The van der Waals surface area contributed by atoms with Crippen molar-refractivity contribution in [1.29, 1.82) is 0 Å². The molecule has 0 aliphatic carbocycles. The number of carboxylic acid groups (broad SMARTS) is 1. The van der Waals surface area contributed by atoms with Gasteiger partial charge >= 0.3 is 5.97 Å². The minimum Gasteiger partial charge on any atom is -0.478 e. The first-order valence-corrected chi connectivity index (χ1v) is 5.58. The molecule has 92 valence electrons. The minimum atomic E-state index is -0.951. The molecule has 5 nitrogen and oxygen atoms in total. The summed E-state index contributed by atoms with van der Waals surface area (Å²) in [6.45, 7) is 0.682. The average molecular weight is 243 g/mol. The van der Waals surface area contributed by atoms with Crippen LogP contribution < -0.4 is 5.32 Å². The molecule has 0 fully saturated rings. The molecular formula is C13H13N3O2. The van der Waals surface area contributed by atoms with E-state index in [1.54, 1.807) is 6.20 Å². The zero-order chi connectivity index (χ0) is 12.8. The van der Waals surface area contributed by atoms with E-state index < -0.39 is 5.97 Å². The number of aromatic nitrogens is 2. The molecule has 18 heavy (non-hydrogen) atoms. The smallest absolute Gasteiger partial charge is 0.335 e. The zero-order valence-electron chi connectivity index (χ0n) is 9.71. The van der Waals surface area contributed by atoms with Gasteiger partial charge in [-0.25, -0.2) is 9.78 Å². The lowest BCUT2D eigenvalue weighted by Crippen LogP contribution is -2.07. The molecular weight excluding hydrogens is 230 g/mol. The Morgan fingerprint density at radius 1 is 1.33 bits per heavy atom. The van der Waals surface area contributed by atoms with Gasteiger partial charge in [-0.15, -0.1) is 0 Å². The summed E-state index contributed by atoms with van der Waals surface area (Å²) in [6, 6.07) is 6.87. The molecule has 2 rings (SSSR count). The number of hydrogen-bond acceptors (Lipinski definition) is 4. The number of pyridine rings is 2. The number of anilines is 1. The fourth-order valence-electron chi connectivity index (χ4n) is 1.54. The summed E-state index contributed by atoms with van der Waals surface area (Å²) >= 11 is 0. The zero-order valence-corrected chi connectivity index (χ0v) is 9.71. The molecule has 0 unspecified atom stereocenters. The van der Waals surface area contributed by atoms with Crippen molar-refractivity contribution >= 4 is 11.8 Å². The summed E-state index contributed by atoms with van der Waals surface area (Å²) in [5, 5.41) is 11.9. The molecule has 2 aromatic heterocycles. The average Bonchev–Trinajstić information content (AvgIpc) is 2.40. The van der Waals surface area contributed by atoms with E-state index in [2.05, 4.69) is 15.3 Å². The minimum absolute atomic E-state index is 0.230. The predicted molar refractivity (Wildman–Crippen MR) is 67.6 cm³/mol. The highest BCUT2D eigenvalue weighted by atomic mass is 16.4. The van der Waals surface area contributed by atoms with Crippen LogP contribution in [-0.4, -0.2) is 27.6 Å². The molecule has 0 bridgehead atoms. The molecule has 0 aliphatic rings. The first-order chi connectivity index (χ1) is 8.75. The highest BCUT2D eigenvalue weighted by Crippen LogP contribution is 2.07. The fourth-order valence-corrected chi connectivity index (χ4v) is 1.54. The van der Waals surface area contributed by atoms with Gasteiger partial charge in [-0.2, -0.15) is 0 Å². The Kier molecular flexibility index (Phi) is 3.86. The van der Waals surface area contributed by atoms with Crippen LogP contribution in [0.3, 0.4) is 0 Å². The lowest BCUT2D eigenvalue weighted by atomic mass is 10.2. The highest BCUT2D eigenvalue weighted by Gasteiger charge is 2.03. The summed E-state index contributed by atoms with van der Waals surface area (Å²) in [6.07, 6.45) is 5.83. The van der Waals surface area contributed by atoms with Crippen LogP contribution in [0.25, 0.3) is 0 Å². The van der Waals surface area contributed by atoms with E-state index in [0.717, 1.165) is 12.0 Å². The van der Waals surface area contributed by atoms with Gasteiger partial charge in [0.2, 0.25) is 0 Å². The Hall–Kier alpha value is -2.43. The molecule has 0 aromatic carbocycles. The quantitative estimate of drug-likeness (QED) is 0.838. The number of aromatic carboxylic acids is 1. The standard InChI is InChI=1S/C13H13N3O2/c17-13(18)11-4-7-16-12(8-11)15-6-3-10-2-1-5-14-9-10/h1-2,4-5,7-9H,3,6H2,(H,15,16)(H,17,18). The van der Waals surface area contributed by atoms with Crippen LogP contribution in [0.4, 0.5) is 5.82 Å². The molecule has 0 spiro atoms. The SMILES string of the molecule is O=C(O)c1ccnc(NCCc2cccnc2)c1. The molecule has 0 radical (unpaired) electrons. The maximum Gasteiger partial charge on any atom is 0.335 e. The monoisotopic (exact) mass is 243 g/mol. The number of carbonyl (C=O) groups is 1. The lowest BCUT2D eigenvalue weighted by molar-refractivity contribution is 0.0697. The highest BCUT2D eigenvalue weighted by molar-refractivity contribution is 5.88. The van der Waals surface area contributed by atoms with Crippen molar-refractivity contribution in [2.45, 2.75) is 6.42 Å². The maximum absolute atomic E-state index is 10.8. The Morgan fingerprint density at radius 2 is 2.22 bits per heavy atom. The maximum atomic E-state index is 10.8. The van der Waals surface area contributed by atoms with Crippen LogP contribution in [0, 0.1) is 0 Å². The number of nitrogens with zero attached hydrogens (tertiary/aromatic N) is 2. The fraction of sp³-hybridized carbons (Fsp3) is 0.154. The van der Waals surface area contributed by atoms with E-state index in [4.69, 9.17) is 5.11 Å². The van der Waals surface area contributed by atoms with Gasteiger partial charge in [-0.1, -0.05) is 6.07 Å². The van der Waals surface area contributed by atoms with E-state index in [1.165, 1.54) is 18.3 Å². The molecule has 2 N–H and O–H groups in total. The van der Waals surface area contributed by atoms with E-state index in [-0.39, 0.29) is 5.56 Å². The van der Waals surface area contributed by atoms with E-state index >= 15 is 0 Å². The molecule has 0 amide bonds. The van der Waals surface area contributed by atoms with Crippen LogP contribution in [0.1, 0.15) is 15.9 Å². The van der Waals surface area contributed by atoms with Gasteiger partial charge in [0.05, 0.1) is 5.56 Å². The van der Waals surface area contributed by atoms with Crippen molar-refractivity contribution < 1.29 is 9.90 Å². The van der Waals surface area contributed by atoms with Crippen LogP contribution in [0.15, 0.2) is 42.9 Å². The van der Waals surface area contributed by atoms with Crippen LogP contribution in [0.2, 0.25) is 0 Å². The first kappa shape index (κ1) is 12.0. The van der Waals surface area contributed by atoms with Gasteiger partial charge in [-0.05, 0) is 30.2 Å². The third kappa shape index (κ3) is 3.28. The number of rotatable bonds is 5. The largest absolute Gasteiger partial charge is 0.478 e. The molecule has 0 atom stereocenters. The summed E-state index contributed by atoms with van der Waals surface area (Å²) in [4.78, 5) is 18.9. The van der Waals surface area contributed by atoms with Crippen molar-refractivity contribution in [3.8, 4) is 0 Å². The first-order valence-electron chi connectivity index (χ1n) is 5.58. The summed E-state index contributed by atoms with van der Waals surface area (Å²) < 4.78 is 0.